The molecular weight excluding hydrogens is 128 g/mol. The van der Waals surface area contributed by atoms with Gasteiger partial charge in [-0.05, 0) is 24.3 Å². The summed E-state index contributed by atoms with van der Waals surface area (Å²) in [6.07, 6.45) is 2.65. The van der Waals surface area contributed by atoms with Crippen molar-refractivity contribution >= 4 is 11.8 Å². The normalized spacial score (nSPS) is 8.00. The molecule has 9 heavy (non-hydrogen) atoms. The summed E-state index contributed by atoms with van der Waals surface area (Å²) in [5.74, 6) is 2.68. The summed E-state index contributed by atoms with van der Waals surface area (Å²) in [5, 5.41) is 0. The zero-order valence-corrected chi connectivity index (χ0v) is 8.05. The molecule has 0 aromatic carbocycles. The first-order chi connectivity index (χ1) is 4.41. The van der Waals surface area contributed by atoms with Crippen LogP contribution >= 0.6 is 11.8 Å². The van der Waals surface area contributed by atoms with Gasteiger partial charge in [-0.2, -0.15) is 11.8 Å². The second-order valence-corrected chi connectivity index (χ2v) is 2.84. The third-order valence-electron chi connectivity index (χ3n) is 0.697. The van der Waals surface area contributed by atoms with E-state index in [4.69, 9.17) is 0 Å². The molecule has 0 N–H and O–H groups in total. The molecule has 0 aromatic heterocycles. The van der Waals surface area contributed by atoms with Crippen molar-refractivity contribution < 1.29 is 0 Å². The Morgan fingerprint density at radius 3 is 1.44 bits per heavy atom. The van der Waals surface area contributed by atoms with E-state index in [-0.39, 0.29) is 0 Å². The van der Waals surface area contributed by atoms with Crippen LogP contribution in [-0.2, 0) is 0 Å². The Balaban J connectivity index is 0. The first kappa shape index (κ1) is 12.1. The summed E-state index contributed by atoms with van der Waals surface area (Å²) in [6, 6.07) is 0. The molecule has 0 amide bonds. The van der Waals surface area contributed by atoms with Crippen LogP contribution in [0.2, 0.25) is 0 Å². The van der Waals surface area contributed by atoms with Gasteiger partial charge in [0.1, 0.15) is 0 Å². The predicted molar refractivity (Wildman–Crippen MR) is 49.3 cm³/mol. The zero-order chi connectivity index (χ0) is 7.54. The summed E-state index contributed by atoms with van der Waals surface area (Å²) in [7, 11) is 0. The highest BCUT2D eigenvalue weighted by atomic mass is 32.2. The van der Waals surface area contributed by atoms with Crippen LogP contribution in [0, 0.1) is 0 Å². The molecule has 0 radical (unpaired) electrons. The molecule has 0 spiro atoms. The van der Waals surface area contributed by atoms with Crippen molar-refractivity contribution in [2.75, 3.05) is 11.5 Å². The molecule has 0 bridgehead atoms. The van der Waals surface area contributed by atoms with Crippen molar-refractivity contribution in [3.8, 4) is 0 Å². The monoisotopic (exact) mass is 148 g/mol. The SMILES string of the molecule is CC.CCCSCCC. The molecule has 0 aliphatic carbocycles. The Labute approximate surface area is 64.4 Å². The maximum atomic E-state index is 2.22. The van der Waals surface area contributed by atoms with Crippen LogP contribution in [0.3, 0.4) is 0 Å². The Morgan fingerprint density at radius 1 is 0.889 bits per heavy atom. The number of hydrogen-bond acceptors (Lipinski definition) is 1. The molecule has 1 heteroatoms. The van der Waals surface area contributed by atoms with Gasteiger partial charge in [0.25, 0.3) is 0 Å². The lowest BCUT2D eigenvalue weighted by atomic mass is 10.6. The lowest BCUT2D eigenvalue weighted by Crippen LogP contribution is -1.76. The number of thioether (sulfide) groups is 1. The van der Waals surface area contributed by atoms with E-state index >= 15 is 0 Å². The molecule has 0 fully saturated rings. The molecule has 0 atom stereocenters. The van der Waals surface area contributed by atoms with E-state index in [0.717, 1.165) is 0 Å². The molecule has 0 heterocycles. The second-order valence-electron chi connectivity index (χ2n) is 1.61. The van der Waals surface area contributed by atoms with E-state index in [2.05, 4.69) is 25.6 Å². The van der Waals surface area contributed by atoms with Crippen LogP contribution in [0.1, 0.15) is 40.5 Å². The minimum Gasteiger partial charge on any atom is -0.162 e. The van der Waals surface area contributed by atoms with Crippen LogP contribution in [0.5, 0.6) is 0 Å². The predicted octanol–water partition coefficient (Wildman–Crippen LogP) is 3.57. The highest BCUT2D eigenvalue weighted by Crippen LogP contribution is 2.02. The Morgan fingerprint density at radius 2 is 1.22 bits per heavy atom. The summed E-state index contributed by atoms with van der Waals surface area (Å²) in [4.78, 5) is 0. The fourth-order valence-corrected chi connectivity index (χ4v) is 1.17. The summed E-state index contributed by atoms with van der Waals surface area (Å²) < 4.78 is 0. The molecule has 0 saturated carbocycles. The maximum Gasteiger partial charge on any atom is -0.00702 e. The van der Waals surface area contributed by atoms with Crippen molar-refractivity contribution in [2.45, 2.75) is 40.5 Å². The van der Waals surface area contributed by atoms with Gasteiger partial charge in [0.2, 0.25) is 0 Å². The summed E-state index contributed by atoms with van der Waals surface area (Å²) in [6.45, 7) is 8.45. The quantitative estimate of drug-likeness (QED) is 0.549. The van der Waals surface area contributed by atoms with E-state index in [1.54, 1.807) is 0 Å². The Hall–Kier alpha value is 0.350. The van der Waals surface area contributed by atoms with Gasteiger partial charge in [-0.15, -0.1) is 0 Å². The third-order valence-corrected chi connectivity index (χ3v) is 2.09. The van der Waals surface area contributed by atoms with Gasteiger partial charge < -0.3 is 0 Å². The van der Waals surface area contributed by atoms with Crippen LogP contribution in [0.25, 0.3) is 0 Å². The van der Waals surface area contributed by atoms with Gasteiger partial charge >= 0.3 is 0 Å². The standard InChI is InChI=1S/C6H14S.C2H6/c1-3-5-7-6-4-2;1-2/h3-6H2,1-2H3;1-2H3. The summed E-state index contributed by atoms with van der Waals surface area (Å²) in [5.41, 5.74) is 0. The van der Waals surface area contributed by atoms with Crippen LogP contribution in [0.4, 0.5) is 0 Å². The van der Waals surface area contributed by atoms with E-state index in [1.165, 1.54) is 24.3 Å². The fourth-order valence-electron chi connectivity index (χ4n) is 0.391. The molecule has 0 aliphatic rings. The number of hydrogen-bond donors (Lipinski definition) is 0. The van der Waals surface area contributed by atoms with Gasteiger partial charge in [-0.1, -0.05) is 27.7 Å². The van der Waals surface area contributed by atoms with E-state index in [9.17, 15) is 0 Å². The minimum atomic E-state index is 1.32. The smallest absolute Gasteiger partial charge is 0.00702 e. The van der Waals surface area contributed by atoms with E-state index < -0.39 is 0 Å². The minimum absolute atomic E-state index is 1.32. The Bertz CT molecular complexity index is 23.7. The van der Waals surface area contributed by atoms with Crippen molar-refractivity contribution in [1.82, 2.24) is 0 Å². The average molecular weight is 148 g/mol. The van der Waals surface area contributed by atoms with Crippen molar-refractivity contribution in [3.05, 3.63) is 0 Å². The fraction of sp³-hybridized carbons (Fsp3) is 1.00. The topological polar surface area (TPSA) is 0 Å². The van der Waals surface area contributed by atoms with Gasteiger partial charge in [0, 0.05) is 0 Å². The van der Waals surface area contributed by atoms with Crippen LogP contribution in [0.15, 0.2) is 0 Å². The zero-order valence-electron chi connectivity index (χ0n) is 7.24. The van der Waals surface area contributed by atoms with Crippen molar-refractivity contribution in [2.24, 2.45) is 0 Å². The van der Waals surface area contributed by atoms with Crippen LogP contribution < -0.4 is 0 Å². The van der Waals surface area contributed by atoms with Crippen molar-refractivity contribution in [3.63, 3.8) is 0 Å². The molecule has 0 unspecified atom stereocenters. The lowest BCUT2D eigenvalue weighted by Gasteiger charge is -1.91. The van der Waals surface area contributed by atoms with Gasteiger partial charge in [0.05, 0.1) is 0 Å². The first-order valence-corrected chi connectivity index (χ1v) is 5.15. The average Bonchev–Trinajstić information content (AvgIpc) is 1.94. The summed E-state index contributed by atoms with van der Waals surface area (Å²) >= 11 is 2.05. The lowest BCUT2D eigenvalue weighted by molar-refractivity contribution is 1.07. The largest absolute Gasteiger partial charge is 0.162 e. The van der Waals surface area contributed by atoms with Gasteiger partial charge in [0.15, 0.2) is 0 Å². The van der Waals surface area contributed by atoms with E-state index in [0.29, 0.717) is 0 Å². The first-order valence-electron chi connectivity index (χ1n) is 3.99. The van der Waals surface area contributed by atoms with E-state index in [1.807, 2.05) is 13.8 Å². The Kier molecular flexibility index (Phi) is 21.1. The number of rotatable bonds is 4. The van der Waals surface area contributed by atoms with Crippen LogP contribution in [-0.4, -0.2) is 11.5 Å². The molecule has 58 valence electrons. The molecule has 0 aromatic rings. The maximum absolute atomic E-state index is 2.22. The van der Waals surface area contributed by atoms with Crippen molar-refractivity contribution in [1.29, 1.82) is 0 Å². The second kappa shape index (κ2) is 15.8. The van der Waals surface area contributed by atoms with Gasteiger partial charge in [-0.3, -0.25) is 0 Å². The molecule has 0 rings (SSSR count). The molecule has 0 saturated heterocycles. The highest BCUT2D eigenvalue weighted by Gasteiger charge is 1.79. The third kappa shape index (κ3) is 17.8. The van der Waals surface area contributed by atoms with Gasteiger partial charge in [-0.25, -0.2) is 0 Å². The molecular formula is C8H20S. The molecule has 0 aliphatic heterocycles. The highest BCUT2D eigenvalue weighted by molar-refractivity contribution is 7.99. The molecule has 0 nitrogen and oxygen atoms in total.